The predicted molar refractivity (Wildman–Crippen MR) is 114 cm³/mol. The number of likely N-dealkylation sites (tertiary alicyclic amines) is 1. The highest BCUT2D eigenvalue weighted by Crippen LogP contribution is 2.79. The zero-order chi connectivity index (χ0) is 22.8. The molecule has 6 aliphatic rings. The second-order valence-corrected chi connectivity index (χ2v) is 11.7. The number of rotatable bonds is 5. The standard InChI is InChI=1S/C24H39NO7/c1-5-25-10-21(11-30-2)7-6-15(26)23-13-8-12-14(31-3)9-22(28,16(13)17(12)32-4)24(29,20(23)25)19(27)18(21)23/h12-20,26-29H,5-11H2,1-4H3/t12?,13?,14-,15-,16?,17-,18?,19-,20?,21-,22+,23?,24?/m0/s1. The van der Waals surface area contributed by atoms with Gasteiger partial charge >= 0.3 is 0 Å². The zero-order valence-electron chi connectivity index (χ0n) is 19.6. The van der Waals surface area contributed by atoms with Crippen LogP contribution in [0, 0.1) is 34.5 Å². The van der Waals surface area contributed by atoms with Gasteiger partial charge in [0.05, 0.1) is 37.1 Å². The molecule has 6 rings (SSSR count). The SMILES string of the molecule is CCN1C[C@]2(COC)CC[C@H](O)C34C5CC6[C@H](OC)C5[C@](O)(C[C@@H]6OC)C(O)(C13)[C@@H](O)C42. The maximum atomic E-state index is 12.6. The van der Waals surface area contributed by atoms with Gasteiger partial charge in [0.25, 0.3) is 0 Å². The average molecular weight is 454 g/mol. The largest absolute Gasteiger partial charge is 0.392 e. The number of aliphatic hydroxyl groups excluding tert-OH is 2. The van der Waals surface area contributed by atoms with E-state index in [1.807, 2.05) is 0 Å². The van der Waals surface area contributed by atoms with Gasteiger partial charge in [0.1, 0.15) is 11.2 Å². The van der Waals surface area contributed by atoms with Gasteiger partial charge in [0, 0.05) is 62.9 Å². The van der Waals surface area contributed by atoms with Crippen LogP contribution >= 0.6 is 0 Å². The molecule has 8 heteroatoms. The molecular formula is C24H39NO7. The molecule has 13 atom stereocenters. The van der Waals surface area contributed by atoms with Crippen molar-refractivity contribution in [1.29, 1.82) is 0 Å². The van der Waals surface area contributed by atoms with Gasteiger partial charge in [-0.3, -0.25) is 4.90 Å². The first-order valence-electron chi connectivity index (χ1n) is 12.3. The Kier molecular flexibility index (Phi) is 4.62. The fraction of sp³-hybridized carbons (Fsp3) is 1.00. The molecule has 6 fully saturated rings. The van der Waals surface area contributed by atoms with Crippen molar-refractivity contribution < 1.29 is 34.6 Å². The Morgan fingerprint density at radius 3 is 2.47 bits per heavy atom. The van der Waals surface area contributed by atoms with Crippen LogP contribution in [0.1, 0.15) is 32.6 Å². The summed E-state index contributed by atoms with van der Waals surface area (Å²) in [6, 6.07) is -0.515. The zero-order valence-corrected chi connectivity index (χ0v) is 19.6. The number of fused-ring (bicyclic) bond motifs is 2. The van der Waals surface area contributed by atoms with Gasteiger partial charge in [0.2, 0.25) is 0 Å². The lowest BCUT2D eigenvalue weighted by atomic mass is 9.42. The van der Waals surface area contributed by atoms with Gasteiger partial charge in [-0.05, 0) is 31.7 Å². The van der Waals surface area contributed by atoms with E-state index in [0.717, 1.165) is 12.8 Å². The first-order chi connectivity index (χ1) is 15.2. The van der Waals surface area contributed by atoms with Crippen LogP contribution in [0.2, 0.25) is 0 Å². The smallest absolute Gasteiger partial charge is 0.136 e. The van der Waals surface area contributed by atoms with Crippen LogP contribution in [-0.4, -0.2) is 108 Å². The Morgan fingerprint density at radius 2 is 1.84 bits per heavy atom. The van der Waals surface area contributed by atoms with E-state index in [1.54, 1.807) is 21.3 Å². The highest BCUT2D eigenvalue weighted by atomic mass is 16.5. The van der Waals surface area contributed by atoms with E-state index in [1.165, 1.54) is 0 Å². The fourth-order valence-corrected chi connectivity index (χ4v) is 10.7. The molecule has 7 unspecified atom stereocenters. The molecule has 0 aromatic carbocycles. The van der Waals surface area contributed by atoms with Crippen LogP contribution in [-0.2, 0) is 14.2 Å². The molecule has 0 aromatic rings. The first kappa shape index (κ1) is 22.2. The maximum Gasteiger partial charge on any atom is 0.136 e. The Bertz CT molecular complexity index is 798. The summed E-state index contributed by atoms with van der Waals surface area (Å²) in [5.74, 6) is -0.671. The molecule has 0 aromatic heterocycles. The second kappa shape index (κ2) is 6.66. The number of aliphatic hydroxyl groups is 4. The van der Waals surface area contributed by atoms with Crippen molar-refractivity contribution in [3.05, 3.63) is 0 Å². The van der Waals surface area contributed by atoms with Crippen LogP contribution in [0.4, 0.5) is 0 Å². The molecule has 8 nitrogen and oxygen atoms in total. The number of hydrogen-bond donors (Lipinski definition) is 4. The van der Waals surface area contributed by atoms with Gasteiger partial charge in [-0.2, -0.15) is 0 Å². The molecule has 4 N–H and O–H groups in total. The minimum absolute atomic E-state index is 0.0732. The fourth-order valence-electron chi connectivity index (χ4n) is 10.7. The maximum absolute atomic E-state index is 12.6. The minimum atomic E-state index is -1.78. The van der Waals surface area contributed by atoms with E-state index in [-0.39, 0.29) is 47.7 Å². The van der Waals surface area contributed by atoms with Crippen molar-refractivity contribution in [2.45, 2.75) is 74.3 Å². The van der Waals surface area contributed by atoms with Crippen LogP contribution in [0.25, 0.3) is 0 Å². The van der Waals surface area contributed by atoms with E-state index in [4.69, 9.17) is 14.2 Å². The molecule has 5 aliphatic carbocycles. The van der Waals surface area contributed by atoms with Crippen molar-refractivity contribution in [3.63, 3.8) is 0 Å². The predicted octanol–water partition coefficient (Wildman–Crippen LogP) is -0.383. The molecule has 32 heavy (non-hydrogen) atoms. The van der Waals surface area contributed by atoms with Crippen molar-refractivity contribution in [3.8, 4) is 0 Å². The van der Waals surface area contributed by atoms with Crippen LogP contribution in [0.3, 0.4) is 0 Å². The second-order valence-electron chi connectivity index (χ2n) is 11.7. The van der Waals surface area contributed by atoms with Gasteiger partial charge in [-0.25, -0.2) is 0 Å². The molecule has 5 saturated carbocycles. The highest BCUT2D eigenvalue weighted by Gasteiger charge is 2.91. The minimum Gasteiger partial charge on any atom is -0.392 e. The topological polar surface area (TPSA) is 112 Å². The quantitative estimate of drug-likeness (QED) is 0.446. The van der Waals surface area contributed by atoms with E-state index in [0.29, 0.717) is 26.1 Å². The molecule has 7 bridgehead atoms. The van der Waals surface area contributed by atoms with E-state index in [2.05, 4.69) is 11.8 Å². The number of hydrogen-bond acceptors (Lipinski definition) is 8. The summed E-state index contributed by atoms with van der Waals surface area (Å²) in [6.07, 6.45) is 0.0262. The van der Waals surface area contributed by atoms with Gasteiger partial charge in [0.15, 0.2) is 0 Å². The third kappa shape index (κ3) is 1.99. The Labute approximate surface area is 189 Å². The molecule has 1 spiro atoms. The van der Waals surface area contributed by atoms with Crippen LogP contribution in [0.15, 0.2) is 0 Å². The summed E-state index contributed by atoms with van der Waals surface area (Å²) < 4.78 is 17.5. The van der Waals surface area contributed by atoms with Gasteiger partial charge in [-0.15, -0.1) is 0 Å². The molecule has 182 valence electrons. The highest BCUT2D eigenvalue weighted by molar-refractivity contribution is 5.41. The number of methoxy groups -OCH3 is 3. The third-order valence-electron chi connectivity index (χ3n) is 11.3. The Hall–Kier alpha value is -0.320. The van der Waals surface area contributed by atoms with Gasteiger partial charge in [-0.1, -0.05) is 6.92 Å². The summed E-state index contributed by atoms with van der Waals surface area (Å²) in [5, 5.41) is 48.9. The summed E-state index contributed by atoms with van der Waals surface area (Å²) in [6.45, 7) is 3.90. The normalized spacial score (nSPS) is 62.4. The Morgan fingerprint density at radius 1 is 1.09 bits per heavy atom. The first-order valence-corrected chi connectivity index (χ1v) is 12.3. The number of ether oxygens (including phenoxy) is 3. The molecule has 0 amide bonds. The monoisotopic (exact) mass is 453 g/mol. The Balaban J connectivity index is 1.65. The third-order valence-corrected chi connectivity index (χ3v) is 11.3. The molecule has 1 heterocycles. The molecule has 1 aliphatic heterocycles. The number of nitrogens with zero attached hydrogens (tertiary/aromatic N) is 1. The molecule has 0 radical (unpaired) electrons. The summed E-state index contributed by atoms with van der Waals surface area (Å²) in [5.41, 5.74) is -4.43. The lowest BCUT2D eigenvalue weighted by Gasteiger charge is -2.69. The average Bonchev–Trinajstić information content (AvgIpc) is 3.19. The van der Waals surface area contributed by atoms with Crippen molar-refractivity contribution >= 4 is 0 Å². The molecular weight excluding hydrogens is 414 g/mol. The van der Waals surface area contributed by atoms with Crippen LogP contribution < -0.4 is 0 Å². The number of likely N-dealkylation sites (N-methyl/N-ethyl adjacent to an activating group) is 1. The molecule has 1 saturated heterocycles. The van der Waals surface area contributed by atoms with E-state index < -0.39 is 34.9 Å². The number of piperidine rings is 1. The summed E-state index contributed by atoms with van der Waals surface area (Å²) in [7, 11) is 5.00. The lowest BCUT2D eigenvalue weighted by molar-refractivity contribution is -0.318. The van der Waals surface area contributed by atoms with Crippen molar-refractivity contribution in [2.24, 2.45) is 34.5 Å². The van der Waals surface area contributed by atoms with E-state index in [9.17, 15) is 20.4 Å². The lowest BCUT2D eigenvalue weighted by Crippen LogP contribution is -2.82. The van der Waals surface area contributed by atoms with Crippen molar-refractivity contribution in [1.82, 2.24) is 4.90 Å². The van der Waals surface area contributed by atoms with Crippen LogP contribution in [0.5, 0.6) is 0 Å². The van der Waals surface area contributed by atoms with Crippen molar-refractivity contribution in [2.75, 3.05) is 41.0 Å². The summed E-state index contributed by atoms with van der Waals surface area (Å²) >= 11 is 0. The van der Waals surface area contributed by atoms with Gasteiger partial charge < -0.3 is 34.6 Å². The van der Waals surface area contributed by atoms with E-state index >= 15 is 0 Å². The summed E-state index contributed by atoms with van der Waals surface area (Å²) in [4.78, 5) is 2.23.